The van der Waals surface area contributed by atoms with Crippen LogP contribution in [-0.2, 0) is 16.0 Å². The first-order valence-electron chi connectivity index (χ1n) is 5.54. The molecular formula is C13H13F2NO3. The van der Waals surface area contributed by atoms with Crippen LogP contribution in [0.15, 0.2) is 30.4 Å². The molecule has 1 unspecified atom stereocenters. The standard InChI is InChI=1S/C13H13F2NO3/c1-8(16-12(17)5-6-13(18)19)7-9-10(14)3-2-4-11(9)15/h2-6,8H,7H2,1H3,(H,16,17)(H,18,19)/b6-5+. The zero-order valence-electron chi connectivity index (χ0n) is 10.2. The van der Waals surface area contributed by atoms with Crippen molar-refractivity contribution in [1.82, 2.24) is 5.32 Å². The van der Waals surface area contributed by atoms with Crippen molar-refractivity contribution in [3.63, 3.8) is 0 Å². The second kappa shape index (κ2) is 6.63. The van der Waals surface area contributed by atoms with E-state index in [4.69, 9.17) is 5.11 Å². The van der Waals surface area contributed by atoms with Gasteiger partial charge in [-0.25, -0.2) is 13.6 Å². The van der Waals surface area contributed by atoms with Crippen molar-refractivity contribution in [2.24, 2.45) is 0 Å². The Bertz CT molecular complexity index is 494. The summed E-state index contributed by atoms with van der Waals surface area (Å²) in [6.07, 6.45) is 1.51. The second-order valence-electron chi connectivity index (χ2n) is 3.99. The molecule has 4 nitrogen and oxygen atoms in total. The number of carboxylic acids is 1. The number of aliphatic carboxylic acids is 1. The van der Waals surface area contributed by atoms with Gasteiger partial charge in [-0.1, -0.05) is 6.07 Å². The molecular weight excluding hydrogens is 256 g/mol. The Morgan fingerprint density at radius 1 is 1.32 bits per heavy atom. The number of carboxylic acid groups (broad SMARTS) is 1. The van der Waals surface area contributed by atoms with Crippen molar-refractivity contribution in [3.05, 3.63) is 47.5 Å². The third-order valence-electron chi connectivity index (χ3n) is 2.34. The molecule has 0 heterocycles. The number of hydrogen-bond donors (Lipinski definition) is 2. The normalized spacial score (nSPS) is 12.4. The number of amides is 1. The molecule has 102 valence electrons. The number of rotatable bonds is 5. The van der Waals surface area contributed by atoms with Crippen LogP contribution in [0.4, 0.5) is 8.78 Å². The van der Waals surface area contributed by atoms with E-state index in [0.29, 0.717) is 6.08 Å². The second-order valence-corrected chi connectivity index (χ2v) is 3.99. The molecule has 0 saturated carbocycles. The van der Waals surface area contributed by atoms with Gasteiger partial charge in [0, 0.05) is 23.8 Å². The van der Waals surface area contributed by atoms with Crippen LogP contribution in [0, 0.1) is 11.6 Å². The van der Waals surface area contributed by atoms with Gasteiger partial charge in [-0.2, -0.15) is 0 Å². The lowest BCUT2D eigenvalue weighted by Crippen LogP contribution is -2.33. The fourth-order valence-electron chi connectivity index (χ4n) is 1.52. The number of nitrogens with one attached hydrogen (secondary N) is 1. The van der Waals surface area contributed by atoms with Gasteiger partial charge in [-0.15, -0.1) is 0 Å². The molecule has 0 aliphatic heterocycles. The lowest BCUT2D eigenvalue weighted by atomic mass is 10.1. The molecule has 0 saturated heterocycles. The number of carbonyl (C=O) groups is 2. The SMILES string of the molecule is CC(Cc1c(F)cccc1F)NC(=O)/C=C/C(=O)O. The van der Waals surface area contributed by atoms with E-state index in [0.717, 1.165) is 18.2 Å². The van der Waals surface area contributed by atoms with E-state index in [-0.39, 0.29) is 12.0 Å². The van der Waals surface area contributed by atoms with Crippen LogP contribution in [-0.4, -0.2) is 23.0 Å². The summed E-state index contributed by atoms with van der Waals surface area (Å²) in [5.74, 6) is -3.24. The van der Waals surface area contributed by atoms with E-state index in [1.54, 1.807) is 6.92 Å². The highest BCUT2D eigenvalue weighted by Crippen LogP contribution is 2.14. The van der Waals surface area contributed by atoms with Crippen LogP contribution >= 0.6 is 0 Å². The van der Waals surface area contributed by atoms with Crippen molar-refractivity contribution in [2.75, 3.05) is 0 Å². The summed E-state index contributed by atoms with van der Waals surface area (Å²) in [5, 5.41) is 10.8. The predicted octanol–water partition coefficient (Wildman–Crippen LogP) is 1.65. The Morgan fingerprint density at radius 2 is 1.89 bits per heavy atom. The average Bonchev–Trinajstić information content (AvgIpc) is 2.31. The van der Waals surface area contributed by atoms with Gasteiger partial charge in [0.05, 0.1) is 0 Å². The summed E-state index contributed by atoms with van der Waals surface area (Å²) in [5.41, 5.74) is -0.113. The zero-order valence-corrected chi connectivity index (χ0v) is 10.2. The van der Waals surface area contributed by atoms with Gasteiger partial charge in [0.2, 0.25) is 5.91 Å². The first-order chi connectivity index (χ1) is 8.90. The minimum atomic E-state index is -1.25. The van der Waals surface area contributed by atoms with Gasteiger partial charge in [0.25, 0.3) is 0 Å². The van der Waals surface area contributed by atoms with Gasteiger partial charge in [-0.3, -0.25) is 4.79 Å². The molecule has 2 N–H and O–H groups in total. The third-order valence-corrected chi connectivity index (χ3v) is 2.34. The quantitative estimate of drug-likeness (QED) is 0.799. The number of carbonyl (C=O) groups excluding carboxylic acids is 1. The van der Waals surface area contributed by atoms with Crippen LogP contribution in [0.5, 0.6) is 0 Å². The van der Waals surface area contributed by atoms with E-state index in [9.17, 15) is 18.4 Å². The fourth-order valence-corrected chi connectivity index (χ4v) is 1.52. The van der Waals surface area contributed by atoms with Crippen LogP contribution in [0.2, 0.25) is 0 Å². The smallest absolute Gasteiger partial charge is 0.328 e. The highest BCUT2D eigenvalue weighted by molar-refractivity contribution is 5.93. The minimum absolute atomic E-state index is 0.0227. The Hall–Kier alpha value is -2.24. The third kappa shape index (κ3) is 4.87. The van der Waals surface area contributed by atoms with E-state index < -0.39 is 29.6 Å². The first-order valence-corrected chi connectivity index (χ1v) is 5.54. The Balaban J connectivity index is 2.63. The maximum Gasteiger partial charge on any atom is 0.328 e. The van der Waals surface area contributed by atoms with Crippen molar-refractivity contribution in [3.8, 4) is 0 Å². The van der Waals surface area contributed by atoms with Crippen LogP contribution < -0.4 is 5.32 Å². The molecule has 6 heteroatoms. The molecule has 0 aliphatic carbocycles. The summed E-state index contributed by atoms with van der Waals surface area (Å²) in [4.78, 5) is 21.5. The summed E-state index contributed by atoms with van der Waals surface area (Å²) in [7, 11) is 0. The summed E-state index contributed by atoms with van der Waals surface area (Å²) in [6, 6.07) is 3.00. The Kier molecular flexibility index (Phi) is 5.17. The Morgan fingerprint density at radius 3 is 2.42 bits per heavy atom. The van der Waals surface area contributed by atoms with E-state index in [1.807, 2.05) is 0 Å². The minimum Gasteiger partial charge on any atom is -0.478 e. The molecule has 1 amide bonds. The van der Waals surface area contributed by atoms with E-state index in [2.05, 4.69) is 5.32 Å². The highest BCUT2D eigenvalue weighted by atomic mass is 19.1. The van der Waals surface area contributed by atoms with Gasteiger partial charge in [-0.05, 0) is 25.5 Å². The largest absolute Gasteiger partial charge is 0.478 e. The molecule has 1 atom stereocenters. The molecule has 1 aromatic carbocycles. The van der Waals surface area contributed by atoms with Crippen molar-refractivity contribution in [2.45, 2.75) is 19.4 Å². The predicted molar refractivity (Wildman–Crippen MR) is 64.4 cm³/mol. The molecule has 1 rings (SSSR count). The van der Waals surface area contributed by atoms with Gasteiger partial charge in [0.15, 0.2) is 0 Å². The number of hydrogen-bond acceptors (Lipinski definition) is 2. The maximum atomic E-state index is 13.4. The van der Waals surface area contributed by atoms with E-state index >= 15 is 0 Å². The van der Waals surface area contributed by atoms with Crippen LogP contribution in [0.25, 0.3) is 0 Å². The van der Waals surface area contributed by atoms with Gasteiger partial charge >= 0.3 is 5.97 Å². The van der Waals surface area contributed by atoms with Gasteiger partial charge < -0.3 is 10.4 Å². The summed E-state index contributed by atoms with van der Waals surface area (Å²) >= 11 is 0. The fraction of sp³-hybridized carbons (Fsp3) is 0.231. The van der Waals surface area contributed by atoms with Crippen LogP contribution in [0.3, 0.4) is 0 Å². The molecule has 0 fully saturated rings. The average molecular weight is 269 g/mol. The lowest BCUT2D eigenvalue weighted by molar-refractivity contribution is -0.131. The zero-order chi connectivity index (χ0) is 14.4. The maximum absolute atomic E-state index is 13.4. The number of benzene rings is 1. The molecule has 1 aromatic rings. The topological polar surface area (TPSA) is 66.4 Å². The molecule has 0 aliphatic rings. The molecule has 0 aromatic heterocycles. The van der Waals surface area contributed by atoms with Crippen molar-refractivity contribution >= 4 is 11.9 Å². The highest BCUT2D eigenvalue weighted by Gasteiger charge is 2.13. The Labute approximate surface area is 108 Å². The summed E-state index contributed by atoms with van der Waals surface area (Å²) in [6.45, 7) is 1.57. The lowest BCUT2D eigenvalue weighted by Gasteiger charge is -2.13. The molecule has 0 bridgehead atoms. The van der Waals surface area contributed by atoms with Crippen molar-refractivity contribution in [1.29, 1.82) is 0 Å². The monoisotopic (exact) mass is 269 g/mol. The van der Waals surface area contributed by atoms with Crippen molar-refractivity contribution < 1.29 is 23.5 Å². The first kappa shape index (κ1) is 14.8. The molecule has 0 spiro atoms. The summed E-state index contributed by atoms with van der Waals surface area (Å²) < 4.78 is 26.7. The van der Waals surface area contributed by atoms with Crippen LogP contribution in [0.1, 0.15) is 12.5 Å². The number of halogens is 2. The van der Waals surface area contributed by atoms with E-state index in [1.165, 1.54) is 6.07 Å². The molecule has 19 heavy (non-hydrogen) atoms. The molecule has 0 radical (unpaired) electrons. The van der Waals surface area contributed by atoms with Gasteiger partial charge in [0.1, 0.15) is 11.6 Å².